The first-order valence-corrected chi connectivity index (χ1v) is 4.93. The third-order valence-corrected chi connectivity index (χ3v) is 4.44. The molecule has 0 saturated heterocycles. The van der Waals surface area contributed by atoms with Crippen molar-refractivity contribution >= 4 is 0 Å². The van der Waals surface area contributed by atoms with Crippen LogP contribution in [0.4, 0.5) is 0 Å². The van der Waals surface area contributed by atoms with Gasteiger partial charge in [-0.15, -0.1) is 0 Å². The van der Waals surface area contributed by atoms with Crippen molar-refractivity contribution in [2.45, 2.75) is 33.3 Å². The molecule has 0 aromatic rings. The van der Waals surface area contributed by atoms with E-state index in [2.05, 4.69) is 26.0 Å². The number of aliphatic hydroxyl groups excluding tert-OH is 1. The van der Waals surface area contributed by atoms with E-state index in [1.807, 2.05) is 6.92 Å². The van der Waals surface area contributed by atoms with Crippen molar-refractivity contribution < 1.29 is 5.11 Å². The minimum Gasteiger partial charge on any atom is -0.393 e. The van der Waals surface area contributed by atoms with Crippen LogP contribution in [0.25, 0.3) is 0 Å². The Labute approximate surface area is 74.5 Å². The summed E-state index contributed by atoms with van der Waals surface area (Å²) in [6.45, 7) is 6.45. The second kappa shape index (κ2) is 2.35. The van der Waals surface area contributed by atoms with E-state index in [-0.39, 0.29) is 11.5 Å². The number of fused-ring (bicyclic) bond motifs is 2. The lowest BCUT2D eigenvalue weighted by Crippen LogP contribution is -2.39. The number of hydrogen-bond acceptors (Lipinski definition) is 1. The number of hydrogen-bond donors (Lipinski definition) is 1. The van der Waals surface area contributed by atoms with Crippen LogP contribution in [0.5, 0.6) is 0 Å². The van der Waals surface area contributed by atoms with Crippen molar-refractivity contribution in [3.63, 3.8) is 0 Å². The van der Waals surface area contributed by atoms with Crippen molar-refractivity contribution in [3.8, 4) is 0 Å². The second-order valence-corrected chi connectivity index (χ2v) is 4.72. The van der Waals surface area contributed by atoms with Crippen molar-refractivity contribution in [3.05, 3.63) is 12.2 Å². The summed E-state index contributed by atoms with van der Waals surface area (Å²) in [5, 5.41) is 9.77. The van der Waals surface area contributed by atoms with E-state index < -0.39 is 0 Å². The summed E-state index contributed by atoms with van der Waals surface area (Å²) in [4.78, 5) is 0. The highest BCUT2D eigenvalue weighted by Crippen LogP contribution is 2.57. The monoisotopic (exact) mass is 166 g/mol. The Hall–Kier alpha value is -0.300. The first kappa shape index (κ1) is 8.31. The fraction of sp³-hybridized carbons (Fsp3) is 0.818. The molecule has 12 heavy (non-hydrogen) atoms. The van der Waals surface area contributed by atoms with E-state index in [0.29, 0.717) is 11.8 Å². The average Bonchev–Trinajstić information content (AvgIpc) is 2.55. The van der Waals surface area contributed by atoms with Gasteiger partial charge in [-0.05, 0) is 31.1 Å². The summed E-state index contributed by atoms with van der Waals surface area (Å²) in [6, 6.07) is 0. The zero-order chi connectivity index (χ0) is 8.93. The highest BCUT2D eigenvalue weighted by atomic mass is 16.3. The molecule has 0 aromatic carbocycles. The molecule has 5 atom stereocenters. The van der Waals surface area contributed by atoms with E-state index in [9.17, 15) is 5.11 Å². The summed E-state index contributed by atoms with van der Waals surface area (Å²) in [5.74, 6) is 2.00. The van der Waals surface area contributed by atoms with Gasteiger partial charge in [0.1, 0.15) is 0 Å². The molecule has 68 valence electrons. The Morgan fingerprint density at radius 2 is 2.17 bits per heavy atom. The van der Waals surface area contributed by atoms with Gasteiger partial charge in [-0.2, -0.15) is 0 Å². The van der Waals surface area contributed by atoms with Crippen LogP contribution >= 0.6 is 0 Å². The fourth-order valence-corrected chi connectivity index (χ4v) is 3.05. The molecular formula is C11H18O. The molecule has 1 fully saturated rings. The van der Waals surface area contributed by atoms with Gasteiger partial charge in [0.25, 0.3) is 0 Å². The van der Waals surface area contributed by atoms with Crippen LogP contribution in [-0.2, 0) is 0 Å². The molecule has 2 rings (SSSR count). The summed E-state index contributed by atoms with van der Waals surface area (Å²) >= 11 is 0. The van der Waals surface area contributed by atoms with Gasteiger partial charge in [0.15, 0.2) is 0 Å². The molecule has 2 aliphatic carbocycles. The fourth-order valence-electron chi connectivity index (χ4n) is 3.05. The number of aliphatic hydroxyl groups is 1. The van der Waals surface area contributed by atoms with Crippen LogP contribution in [0.3, 0.4) is 0 Å². The quantitative estimate of drug-likeness (QED) is 0.592. The van der Waals surface area contributed by atoms with Crippen molar-refractivity contribution in [2.24, 2.45) is 23.2 Å². The summed E-state index contributed by atoms with van der Waals surface area (Å²) in [5.41, 5.74) is 0.138. The van der Waals surface area contributed by atoms with E-state index in [1.54, 1.807) is 0 Å². The Morgan fingerprint density at radius 3 is 2.50 bits per heavy atom. The van der Waals surface area contributed by atoms with Gasteiger partial charge < -0.3 is 5.11 Å². The lowest BCUT2D eigenvalue weighted by Gasteiger charge is -2.39. The van der Waals surface area contributed by atoms with Crippen LogP contribution in [-0.4, -0.2) is 11.2 Å². The minimum absolute atomic E-state index is 0.138. The van der Waals surface area contributed by atoms with Gasteiger partial charge >= 0.3 is 0 Å². The van der Waals surface area contributed by atoms with Crippen LogP contribution < -0.4 is 0 Å². The molecule has 0 amide bonds. The third kappa shape index (κ3) is 0.779. The molecule has 0 aromatic heterocycles. The first-order chi connectivity index (χ1) is 5.56. The summed E-state index contributed by atoms with van der Waals surface area (Å²) < 4.78 is 0. The third-order valence-electron chi connectivity index (χ3n) is 4.44. The highest BCUT2D eigenvalue weighted by Gasteiger charge is 2.52. The van der Waals surface area contributed by atoms with E-state index >= 15 is 0 Å². The van der Waals surface area contributed by atoms with Gasteiger partial charge in [-0.1, -0.05) is 26.0 Å². The largest absolute Gasteiger partial charge is 0.393 e. The average molecular weight is 166 g/mol. The predicted molar refractivity (Wildman–Crippen MR) is 49.7 cm³/mol. The number of allylic oxidation sites excluding steroid dienone is 2. The highest BCUT2D eigenvalue weighted by molar-refractivity contribution is 5.18. The van der Waals surface area contributed by atoms with Crippen LogP contribution in [0.15, 0.2) is 12.2 Å². The van der Waals surface area contributed by atoms with Crippen LogP contribution in [0.1, 0.15) is 27.2 Å². The molecule has 0 heterocycles. The smallest absolute Gasteiger partial charge is 0.0574 e. The molecule has 1 N–H and O–H groups in total. The zero-order valence-corrected chi connectivity index (χ0v) is 8.12. The molecule has 0 spiro atoms. The Bertz CT molecular complexity index is 219. The minimum atomic E-state index is -0.174. The molecule has 1 heteroatoms. The lowest BCUT2D eigenvalue weighted by atomic mass is 9.67. The van der Waals surface area contributed by atoms with Crippen LogP contribution in [0.2, 0.25) is 0 Å². The first-order valence-electron chi connectivity index (χ1n) is 4.93. The maximum absolute atomic E-state index is 9.77. The van der Waals surface area contributed by atoms with Crippen molar-refractivity contribution in [2.75, 3.05) is 0 Å². The zero-order valence-electron chi connectivity index (χ0n) is 8.12. The summed E-state index contributed by atoms with van der Waals surface area (Å²) in [7, 11) is 0. The molecule has 5 unspecified atom stereocenters. The second-order valence-electron chi connectivity index (χ2n) is 4.72. The van der Waals surface area contributed by atoms with Gasteiger partial charge in [0.05, 0.1) is 6.10 Å². The predicted octanol–water partition coefficient (Wildman–Crippen LogP) is 2.22. The maximum atomic E-state index is 9.77. The lowest BCUT2D eigenvalue weighted by molar-refractivity contribution is 0.000370. The Kier molecular flexibility index (Phi) is 1.63. The molecule has 2 aliphatic rings. The molecular weight excluding hydrogens is 148 g/mol. The maximum Gasteiger partial charge on any atom is 0.0574 e. The van der Waals surface area contributed by atoms with Crippen molar-refractivity contribution in [1.29, 1.82) is 0 Å². The van der Waals surface area contributed by atoms with Gasteiger partial charge in [0, 0.05) is 5.41 Å². The molecule has 2 bridgehead atoms. The normalized spacial score (nSPS) is 53.2. The molecule has 1 saturated carbocycles. The van der Waals surface area contributed by atoms with Gasteiger partial charge in [0.2, 0.25) is 0 Å². The number of rotatable bonds is 1. The summed E-state index contributed by atoms with van der Waals surface area (Å²) in [6.07, 6.45) is 5.73. The standard InChI is InChI=1S/C11H18O/c1-7-9-4-5-10(6-9)11(7,3)8(2)12/h4-5,7-10,12H,6H2,1-3H3. The van der Waals surface area contributed by atoms with Gasteiger partial charge in [-0.3, -0.25) is 0 Å². The Morgan fingerprint density at radius 1 is 1.50 bits per heavy atom. The molecule has 1 nitrogen and oxygen atoms in total. The topological polar surface area (TPSA) is 20.2 Å². The Balaban J connectivity index is 2.33. The van der Waals surface area contributed by atoms with Gasteiger partial charge in [-0.25, -0.2) is 0 Å². The van der Waals surface area contributed by atoms with E-state index in [0.717, 1.165) is 5.92 Å². The van der Waals surface area contributed by atoms with Crippen molar-refractivity contribution in [1.82, 2.24) is 0 Å². The van der Waals surface area contributed by atoms with E-state index in [4.69, 9.17) is 0 Å². The molecule has 0 radical (unpaired) electrons. The van der Waals surface area contributed by atoms with E-state index in [1.165, 1.54) is 6.42 Å². The van der Waals surface area contributed by atoms with Crippen LogP contribution in [0, 0.1) is 23.2 Å². The SMILES string of the molecule is CC(O)C1(C)C2C=CC(C2)C1C. The molecule has 0 aliphatic heterocycles.